The lowest BCUT2D eigenvalue weighted by atomic mass is 9.70. The van der Waals surface area contributed by atoms with Gasteiger partial charge in [0.2, 0.25) is 5.56 Å². The van der Waals surface area contributed by atoms with E-state index in [-0.39, 0.29) is 16.9 Å². The molecular weight excluding hydrogens is 360 g/mol. The summed E-state index contributed by atoms with van der Waals surface area (Å²) in [6, 6.07) is 14.9. The van der Waals surface area contributed by atoms with Crippen molar-refractivity contribution in [3.63, 3.8) is 0 Å². The fourth-order valence-corrected chi connectivity index (χ4v) is 4.45. The van der Waals surface area contributed by atoms with Crippen LogP contribution in [-0.4, -0.2) is 33.9 Å². The van der Waals surface area contributed by atoms with E-state index in [1.807, 2.05) is 23.6 Å². The predicted molar refractivity (Wildman–Crippen MR) is 106 cm³/mol. The lowest BCUT2D eigenvalue weighted by molar-refractivity contribution is 0.0678. The van der Waals surface area contributed by atoms with Gasteiger partial charge in [-0.25, -0.2) is 4.98 Å². The molecule has 1 saturated heterocycles. The number of pyridine rings is 1. The number of anilines is 1. The summed E-state index contributed by atoms with van der Waals surface area (Å²) in [5.41, 5.74) is 7.86. The van der Waals surface area contributed by atoms with Crippen molar-refractivity contribution in [2.75, 3.05) is 18.8 Å². The smallest absolute Gasteiger partial charge is 0.270 e. The summed E-state index contributed by atoms with van der Waals surface area (Å²) in [6.07, 6.45) is 1.51. The normalized spacial score (nSPS) is 16.2. The van der Waals surface area contributed by atoms with E-state index in [1.165, 1.54) is 23.0 Å². The molecule has 3 heterocycles. The number of aromatic amines is 1. The largest absolute Gasteiger partial charge is 0.375 e. The molecule has 2 aromatic heterocycles. The van der Waals surface area contributed by atoms with E-state index < -0.39 is 0 Å². The summed E-state index contributed by atoms with van der Waals surface area (Å²) < 4.78 is 0. The number of nitrogens with one attached hydrogen (secondary N) is 1. The maximum absolute atomic E-state index is 12.8. The van der Waals surface area contributed by atoms with Crippen LogP contribution in [-0.2, 0) is 5.41 Å². The number of benzene rings is 1. The van der Waals surface area contributed by atoms with Gasteiger partial charge in [0, 0.05) is 30.0 Å². The number of carbonyl (C=O) groups is 1. The van der Waals surface area contributed by atoms with Crippen LogP contribution in [0.15, 0.2) is 58.7 Å². The average Bonchev–Trinajstić information content (AvgIpc) is 3.15. The van der Waals surface area contributed by atoms with Crippen molar-refractivity contribution in [3.8, 4) is 0 Å². The molecule has 3 N–H and O–H groups in total. The molecule has 1 fully saturated rings. The predicted octanol–water partition coefficient (Wildman–Crippen LogP) is 2.64. The molecule has 27 heavy (non-hydrogen) atoms. The monoisotopic (exact) mass is 380 g/mol. The fraction of sp³-hybridized carbons (Fsp3) is 0.250. The third-order valence-corrected chi connectivity index (χ3v) is 5.92. The van der Waals surface area contributed by atoms with Crippen molar-refractivity contribution < 1.29 is 4.79 Å². The molecule has 0 bridgehead atoms. The van der Waals surface area contributed by atoms with E-state index in [0.717, 1.165) is 18.5 Å². The first-order chi connectivity index (χ1) is 13.1. The van der Waals surface area contributed by atoms with E-state index in [1.54, 1.807) is 17.0 Å². The summed E-state index contributed by atoms with van der Waals surface area (Å²) in [5.74, 6) is -0.146. The number of aromatic nitrogens is 2. The number of nitrogen functional groups attached to an aromatic ring is 1. The fourth-order valence-electron chi connectivity index (χ4n) is 3.79. The Morgan fingerprint density at radius 3 is 2.48 bits per heavy atom. The number of hydrogen-bond donors (Lipinski definition) is 2. The van der Waals surface area contributed by atoms with Gasteiger partial charge in [0.15, 0.2) is 5.13 Å². The minimum absolute atomic E-state index is 0.146. The third-order valence-electron chi connectivity index (χ3n) is 5.24. The minimum Gasteiger partial charge on any atom is -0.375 e. The molecule has 1 aromatic carbocycles. The van der Waals surface area contributed by atoms with Crippen LogP contribution in [0.4, 0.5) is 5.13 Å². The highest BCUT2D eigenvalue weighted by molar-refractivity contribution is 7.13. The van der Waals surface area contributed by atoms with Gasteiger partial charge in [-0.2, -0.15) is 0 Å². The molecule has 4 rings (SSSR count). The van der Waals surface area contributed by atoms with E-state index in [0.29, 0.717) is 23.9 Å². The van der Waals surface area contributed by atoms with Gasteiger partial charge in [0.25, 0.3) is 5.91 Å². The highest BCUT2D eigenvalue weighted by Crippen LogP contribution is 2.42. The molecule has 0 radical (unpaired) electrons. The Balaban J connectivity index is 1.62. The summed E-state index contributed by atoms with van der Waals surface area (Å²) >= 11 is 1.44. The van der Waals surface area contributed by atoms with Crippen LogP contribution in [0.25, 0.3) is 0 Å². The second kappa shape index (κ2) is 7.00. The van der Waals surface area contributed by atoms with Crippen molar-refractivity contribution in [3.05, 3.63) is 81.2 Å². The quantitative estimate of drug-likeness (QED) is 0.731. The van der Waals surface area contributed by atoms with Gasteiger partial charge in [0.05, 0.1) is 5.69 Å². The summed E-state index contributed by atoms with van der Waals surface area (Å²) in [7, 11) is 0. The van der Waals surface area contributed by atoms with Crippen molar-refractivity contribution in [1.82, 2.24) is 14.9 Å². The zero-order chi connectivity index (χ0) is 18.9. The topological polar surface area (TPSA) is 92.1 Å². The number of likely N-dealkylation sites (tertiary alicyclic amines) is 1. The van der Waals surface area contributed by atoms with Gasteiger partial charge >= 0.3 is 0 Å². The number of amides is 1. The van der Waals surface area contributed by atoms with Crippen LogP contribution in [0.5, 0.6) is 0 Å². The molecule has 1 amide bonds. The number of thiazole rings is 1. The zero-order valence-corrected chi connectivity index (χ0v) is 15.5. The van der Waals surface area contributed by atoms with Crippen LogP contribution in [0.1, 0.15) is 34.6 Å². The first-order valence-electron chi connectivity index (χ1n) is 8.84. The van der Waals surface area contributed by atoms with Crippen LogP contribution < -0.4 is 11.3 Å². The Bertz CT molecular complexity index is 1000. The number of piperidine rings is 1. The highest BCUT2D eigenvalue weighted by atomic mass is 32.1. The van der Waals surface area contributed by atoms with Gasteiger partial charge in [0.1, 0.15) is 5.69 Å². The number of rotatable bonds is 3. The Hall–Kier alpha value is -2.93. The van der Waals surface area contributed by atoms with Crippen molar-refractivity contribution in [2.24, 2.45) is 0 Å². The lowest BCUT2D eigenvalue weighted by Crippen LogP contribution is -2.46. The highest BCUT2D eigenvalue weighted by Gasteiger charge is 2.40. The molecule has 7 heteroatoms. The van der Waals surface area contributed by atoms with Gasteiger partial charge < -0.3 is 15.6 Å². The third kappa shape index (κ3) is 3.26. The van der Waals surface area contributed by atoms with Crippen LogP contribution in [0.3, 0.4) is 0 Å². The van der Waals surface area contributed by atoms with Gasteiger partial charge in [-0.1, -0.05) is 36.4 Å². The van der Waals surface area contributed by atoms with E-state index in [9.17, 15) is 9.59 Å². The summed E-state index contributed by atoms with van der Waals surface area (Å²) in [6.45, 7) is 1.17. The van der Waals surface area contributed by atoms with Gasteiger partial charge in [-0.15, -0.1) is 11.3 Å². The molecule has 6 nitrogen and oxygen atoms in total. The van der Waals surface area contributed by atoms with Gasteiger partial charge in [-0.05, 0) is 24.5 Å². The molecule has 0 spiro atoms. The van der Waals surface area contributed by atoms with Crippen molar-refractivity contribution in [1.29, 1.82) is 0 Å². The first kappa shape index (κ1) is 17.5. The molecular formula is C20H20N4O2S. The Kier molecular flexibility index (Phi) is 4.53. The van der Waals surface area contributed by atoms with Crippen molar-refractivity contribution >= 4 is 22.4 Å². The SMILES string of the molecule is Nc1nc(C2(c3ccccc3)CCN(C(=O)c3cccc(=O)[nH]3)CC2)cs1. The lowest BCUT2D eigenvalue weighted by Gasteiger charge is -2.41. The molecule has 3 aromatic rings. The maximum atomic E-state index is 12.8. The van der Waals surface area contributed by atoms with Crippen LogP contribution in [0.2, 0.25) is 0 Å². The Morgan fingerprint density at radius 1 is 1.11 bits per heavy atom. The molecule has 1 aliphatic rings. The molecule has 0 unspecified atom stereocenters. The number of nitrogens with zero attached hydrogens (tertiary/aromatic N) is 2. The van der Waals surface area contributed by atoms with E-state index >= 15 is 0 Å². The molecule has 0 atom stereocenters. The Morgan fingerprint density at radius 2 is 1.85 bits per heavy atom. The van der Waals surface area contributed by atoms with Crippen LogP contribution in [0, 0.1) is 0 Å². The standard InChI is InChI=1S/C20H20N4O2S/c21-19-23-16(13-27-19)20(14-5-2-1-3-6-14)9-11-24(12-10-20)18(26)15-7-4-8-17(25)22-15/h1-8,13H,9-12H2,(H2,21,23)(H,22,25). The first-order valence-corrected chi connectivity index (χ1v) is 9.72. The second-order valence-electron chi connectivity index (χ2n) is 6.74. The summed E-state index contributed by atoms with van der Waals surface area (Å²) in [4.78, 5) is 33.2. The molecule has 138 valence electrons. The van der Waals surface area contributed by atoms with Crippen LogP contribution >= 0.6 is 11.3 Å². The summed E-state index contributed by atoms with van der Waals surface area (Å²) in [5, 5.41) is 2.58. The molecule has 0 saturated carbocycles. The second-order valence-corrected chi connectivity index (χ2v) is 7.63. The molecule has 0 aliphatic carbocycles. The molecule has 1 aliphatic heterocycles. The number of carbonyl (C=O) groups excluding carboxylic acids is 1. The number of hydrogen-bond acceptors (Lipinski definition) is 5. The van der Waals surface area contributed by atoms with E-state index in [2.05, 4.69) is 22.1 Å². The number of nitrogens with two attached hydrogens (primary N) is 1. The zero-order valence-electron chi connectivity index (χ0n) is 14.7. The maximum Gasteiger partial charge on any atom is 0.270 e. The van der Waals surface area contributed by atoms with Crippen molar-refractivity contribution in [2.45, 2.75) is 18.3 Å². The van der Waals surface area contributed by atoms with E-state index in [4.69, 9.17) is 5.73 Å². The average molecular weight is 380 g/mol. The number of H-pyrrole nitrogens is 1. The minimum atomic E-state index is -0.269. The Labute approximate surface area is 160 Å². The van der Waals surface area contributed by atoms with Gasteiger partial charge in [-0.3, -0.25) is 9.59 Å².